The van der Waals surface area contributed by atoms with E-state index >= 15 is 0 Å². The molecule has 9 heavy (non-hydrogen) atoms. The molecular weight excluding hydrogens is 114 g/mol. The number of hydrogen-bond acceptors (Lipinski definition) is 2. The normalized spacial score (nSPS) is 43.7. The number of nitrogens with two attached hydrogens (primary N) is 1. The van der Waals surface area contributed by atoms with E-state index < -0.39 is 0 Å². The van der Waals surface area contributed by atoms with E-state index in [-0.39, 0.29) is 6.04 Å². The van der Waals surface area contributed by atoms with Crippen molar-refractivity contribution in [1.82, 2.24) is 0 Å². The highest BCUT2D eigenvalue weighted by molar-refractivity contribution is 4.81. The summed E-state index contributed by atoms with van der Waals surface area (Å²) in [5.74, 6) is 0. The van der Waals surface area contributed by atoms with Gasteiger partial charge in [-0.15, -0.1) is 0 Å². The van der Waals surface area contributed by atoms with Crippen LogP contribution in [0.5, 0.6) is 0 Å². The van der Waals surface area contributed by atoms with Crippen LogP contribution in [0.4, 0.5) is 0 Å². The predicted octanol–water partition coefficient (Wildman–Crippen LogP) is 0.901. The molecule has 0 aromatic rings. The van der Waals surface area contributed by atoms with E-state index in [1.54, 1.807) is 0 Å². The van der Waals surface area contributed by atoms with Crippen LogP contribution in [0, 0.1) is 0 Å². The average Bonchev–Trinajstić information content (AvgIpc) is 2.10. The number of rotatable bonds is 1. The first kappa shape index (κ1) is 7.03. The average molecular weight is 129 g/mol. The van der Waals surface area contributed by atoms with Crippen LogP contribution in [0.3, 0.4) is 0 Å². The lowest BCUT2D eigenvalue weighted by atomic mass is 10.1. The third-order valence-electron chi connectivity index (χ3n) is 1.89. The van der Waals surface area contributed by atoms with Gasteiger partial charge in [-0.25, -0.2) is 0 Å². The zero-order chi connectivity index (χ0) is 6.85. The van der Waals surface area contributed by atoms with Gasteiger partial charge in [0.05, 0.1) is 12.2 Å². The summed E-state index contributed by atoms with van der Waals surface area (Å²) in [4.78, 5) is 0. The van der Waals surface area contributed by atoms with Gasteiger partial charge in [0, 0.05) is 6.04 Å². The molecular formula is C7H15NO. The molecule has 0 saturated carbocycles. The van der Waals surface area contributed by atoms with Gasteiger partial charge in [-0.05, 0) is 19.8 Å². The molecule has 1 fully saturated rings. The Hall–Kier alpha value is -0.0800. The number of hydrogen-bond donors (Lipinski definition) is 1. The fourth-order valence-electron chi connectivity index (χ4n) is 1.39. The predicted molar refractivity (Wildman–Crippen MR) is 37.2 cm³/mol. The fourth-order valence-corrected chi connectivity index (χ4v) is 1.39. The molecule has 3 unspecified atom stereocenters. The smallest absolute Gasteiger partial charge is 0.0727 e. The lowest BCUT2D eigenvalue weighted by molar-refractivity contribution is 0.0500. The molecule has 1 aliphatic rings. The lowest BCUT2D eigenvalue weighted by Crippen LogP contribution is -2.29. The molecule has 0 amide bonds. The van der Waals surface area contributed by atoms with E-state index in [0.717, 1.165) is 12.8 Å². The Morgan fingerprint density at radius 2 is 2.33 bits per heavy atom. The first-order valence-corrected chi connectivity index (χ1v) is 3.65. The van der Waals surface area contributed by atoms with Crippen molar-refractivity contribution in [2.75, 3.05) is 0 Å². The van der Waals surface area contributed by atoms with Gasteiger partial charge in [-0.1, -0.05) is 6.92 Å². The van der Waals surface area contributed by atoms with Crippen molar-refractivity contribution >= 4 is 0 Å². The minimum Gasteiger partial charge on any atom is -0.374 e. The van der Waals surface area contributed by atoms with Crippen molar-refractivity contribution in [3.8, 4) is 0 Å². The summed E-state index contributed by atoms with van der Waals surface area (Å²) < 4.78 is 5.50. The zero-order valence-electron chi connectivity index (χ0n) is 6.13. The van der Waals surface area contributed by atoms with E-state index in [0.29, 0.717) is 12.2 Å². The van der Waals surface area contributed by atoms with Crippen molar-refractivity contribution in [2.24, 2.45) is 5.73 Å². The molecule has 1 heterocycles. The molecule has 2 nitrogen and oxygen atoms in total. The molecule has 3 atom stereocenters. The molecule has 0 aromatic carbocycles. The monoisotopic (exact) mass is 129 g/mol. The van der Waals surface area contributed by atoms with Crippen molar-refractivity contribution in [3.05, 3.63) is 0 Å². The topological polar surface area (TPSA) is 35.2 Å². The molecule has 0 radical (unpaired) electrons. The molecule has 2 heteroatoms. The molecule has 1 saturated heterocycles. The Bertz CT molecular complexity index is 94.9. The molecule has 1 rings (SSSR count). The van der Waals surface area contributed by atoms with Crippen LogP contribution in [-0.2, 0) is 4.74 Å². The van der Waals surface area contributed by atoms with Gasteiger partial charge in [-0.2, -0.15) is 0 Å². The van der Waals surface area contributed by atoms with E-state index in [1.165, 1.54) is 0 Å². The summed E-state index contributed by atoms with van der Waals surface area (Å²) >= 11 is 0. The van der Waals surface area contributed by atoms with Gasteiger partial charge >= 0.3 is 0 Å². The van der Waals surface area contributed by atoms with Crippen molar-refractivity contribution in [3.63, 3.8) is 0 Å². The Balaban J connectivity index is 2.38. The Labute approximate surface area is 56.4 Å². The van der Waals surface area contributed by atoms with Crippen molar-refractivity contribution in [2.45, 2.75) is 44.9 Å². The number of ether oxygens (including phenoxy) is 1. The summed E-state index contributed by atoms with van der Waals surface area (Å²) in [6, 6.07) is 0.282. The second kappa shape index (κ2) is 2.67. The van der Waals surface area contributed by atoms with E-state index in [1.807, 2.05) is 0 Å². The molecule has 0 bridgehead atoms. The zero-order valence-corrected chi connectivity index (χ0v) is 6.13. The SMILES string of the molecule is CCC1OC(C)CC1N. The van der Waals surface area contributed by atoms with Crippen LogP contribution in [-0.4, -0.2) is 18.2 Å². The second-order valence-corrected chi connectivity index (χ2v) is 2.79. The summed E-state index contributed by atoms with van der Waals surface area (Å²) in [6.07, 6.45) is 2.77. The first-order chi connectivity index (χ1) is 4.24. The third kappa shape index (κ3) is 1.43. The van der Waals surface area contributed by atoms with Crippen LogP contribution >= 0.6 is 0 Å². The van der Waals surface area contributed by atoms with Gasteiger partial charge in [0.2, 0.25) is 0 Å². The minimum absolute atomic E-state index is 0.282. The van der Waals surface area contributed by atoms with Gasteiger partial charge < -0.3 is 10.5 Å². The van der Waals surface area contributed by atoms with Crippen molar-refractivity contribution < 1.29 is 4.74 Å². The summed E-state index contributed by atoms with van der Waals surface area (Å²) in [5, 5.41) is 0. The van der Waals surface area contributed by atoms with Crippen LogP contribution in [0.2, 0.25) is 0 Å². The molecule has 0 aliphatic carbocycles. The van der Waals surface area contributed by atoms with Crippen LogP contribution in [0.1, 0.15) is 26.7 Å². The van der Waals surface area contributed by atoms with Crippen LogP contribution in [0.25, 0.3) is 0 Å². The largest absolute Gasteiger partial charge is 0.374 e. The highest BCUT2D eigenvalue weighted by Gasteiger charge is 2.27. The molecule has 0 aromatic heterocycles. The third-order valence-corrected chi connectivity index (χ3v) is 1.89. The summed E-state index contributed by atoms with van der Waals surface area (Å²) in [5.41, 5.74) is 5.75. The minimum atomic E-state index is 0.282. The maximum absolute atomic E-state index is 5.75. The second-order valence-electron chi connectivity index (χ2n) is 2.79. The van der Waals surface area contributed by atoms with E-state index in [9.17, 15) is 0 Å². The van der Waals surface area contributed by atoms with Gasteiger partial charge in [0.25, 0.3) is 0 Å². The maximum atomic E-state index is 5.75. The van der Waals surface area contributed by atoms with Gasteiger partial charge in [-0.3, -0.25) is 0 Å². The quantitative estimate of drug-likeness (QED) is 0.571. The molecule has 1 aliphatic heterocycles. The van der Waals surface area contributed by atoms with E-state index in [4.69, 9.17) is 10.5 Å². The maximum Gasteiger partial charge on any atom is 0.0727 e. The van der Waals surface area contributed by atoms with Crippen LogP contribution in [0.15, 0.2) is 0 Å². The molecule has 2 N–H and O–H groups in total. The Morgan fingerprint density at radius 1 is 1.67 bits per heavy atom. The first-order valence-electron chi connectivity index (χ1n) is 3.65. The van der Waals surface area contributed by atoms with Gasteiger partial charge in [0.1, 0.15) is 0 Å². The highest BCUT2D eigenvalue weighted by atomic mass is 16.5. The molecule has 0 spiro atoms. The highest BCUT2D eigenvalue weighted by Crippen LogP contribution is 2.19. The van der Waals surface area contributed by atoms with Crippen molar-refractivity contribution in [1.29, 1.82) is 0 Å². The summed E-state index contributed by atoms with van der Waals surface area (Å²) in [6.45, 7) is 4.19. The Kier molecular flexibility index (Phi) is 2.09. The fraction of sp³-hybridized carbons (Fsp3) is 1.00. The Morgan fingerprint density at radius 3 is 2.56 bits per heavy atom. The standard InChI is InChI=1S/C7H15NO/c1-3-7-6(8)4-5(2)9-7/h5-7H,3-4,8H2,1-2H3. The summed E-state index contributed by atoms with van der Waals surface area (Å²) in [7, 11) is 0. The molecule has 54 valence electrons. The van der Waals surface area contributed by atoms with Gasteiger partial charge in [0.15, 0.2) is 0 Å². The lowest BCUT2D eigenvalue weighted by Gasteiger charge is -2.10. The van der Waals surface area contributed by atoms with Crippen LogP contribution < -0.4 is 5.73 Å². The van der Waals surface area contributed by atoms with E-state index in [2.05, 4.69) is 13.8 Å².